The minimum Gasteiger partial charge on any atom is -0.394 e. The lowest BCUT2D eigenvalue weighted by atomic mass is 10.0. The normalized spacial score (nSPS) is 23.2. The maximum absolute atomic E-state index is 8.11. The number of hydrogen-bond acceptors (Lipinski definition) is 3. The largest absolute Gasteiger partial charge is 0.394 e. The molecule has 120 valence electrons. The van der Waals surface area contributed by atoms with Gasteiger partial charge in [0.15, 0.2) is 0 Å². The molecule has 2 aliphatic rings. The lowest BCUT2D eigenvalue weighted by molar-refractivity contribution is -0.0659. The van der Waals surface area contributed by atoms with Crippen LogP contribution in [-0.4, -0.2) is 34.1 Å². The maximum atomic E-state index is 8.11. The first-order chi connectivity index (χ1) is 9.22. The van der Waals surface area contributed by atoms with Crippen LogP contribution in [-0.2, 0) is 4.74 Å². The molecule has 0 bridgehead atoms. The summed E-state index contributed by atoms with van der Waals surface area (Å²) in [6.45, 7) is 10.6. The predicted molar refractivity (Wildman–Crippen MR) is 82.7 cm³/mol. The first-order valence-electron chi connectivity index (χ1n) is 8.22. The molecule has 2 aliphatic carbocycles. The molecule has 0 radical (unpaired) electrons. The Morgan fingerprint density at radius 2 is 1.15 bits per heavy atom. The van der Waals surface area contributed by atoms with Crippen LogP contribution in [0.15, 0.2) is 0 Å². The molecule has 0 aromatic rings. The molecule has 0 spiro atoms. The van der Waals surface area contributed by atoms with E-state index in [0.29, 0.717) is 11.2 Å². The smallest absolute Gasteiger partial charge is 0.0742 e. The van der Waals surface area contributed by atoms with Crippen molar-refractivity contribution in [3.8, 4) is 0 Å². The summed E-state index contributed by atoms with van der Waals surface area (Å²) in [4.78, 5) is 0. The van der Waals surface area contributed by atoms with Gasteiger partial charge in [-0.05, 0) is 57.3 Å². The average Bonchev–Trinajstić information content (AvgIpc) is 3.20. The molecule has 2 N–H and O–H groups in total. The zero-order valence-corrected chi connectivity index (χ0v) is 14.0. The molecule has 2 fully saturated rings. The summed E-state index contributed by atoms with van der Waals surface area (Å²) >= 11 is 0. The minimum atomic E-state index is -0.560. The molecule has 2 saturated carbocycles. The van der Waals surface area contributed by atoms with Gasteiger partial charge >= 0.3 is 0 Å². The van der Waals surface area contributed by atoms with Crippen LogP contribution in [0.1, 0.15) is 73.1 Å². The summed E-state index contributed by atoms with van der Waals surface area (Å²) in [5, 5.41) is 16.0. The molecule has 0 aliphatic heterocycles. The van der Waals surface area contributed by atoms with Crippen molar-refractivity contribution in [2.75, 3.05) is 6.61 Å². The van der Waals surface area contributed by atoms with E-state index in [2.05, 4.69) is 27.7 Å². The van der Waals surface area contributed by atoms with Crippen LogP contribution in [0.4, 0.5) is 0 Å². The Hall–Kier alpha value is -0.120. The highest BCUT2D eigenvalue weighted by molar-refractivity contribution is 5.05. The topological polar surface area (TPSA) is 49.7 Å². The second-order valence-corrected chi connectivity index (χ2v) is 7.70. The molecule has 0 aromatic heterocycles. The van der Waals surface area contributed by atoms with Crippen LogP contribution in [0.25, 0.3) is 0 Å². The molecule has 3 nitrogen and oxygen atoms in total. The summed E-state index contributed by atoms with van der Waals surface area (Å²) in [6, 6.07) is 0. The maximum Gasteiger partial charge on any atom is 0.0742 e. The summed E-state index contributed by atoms with van der Waals surface area (Å²) < 4.78 is 6.47. The van der Waals surface area contributed by atoms with E-state index in [9.17, 15) is 0 Å². The fourth-order valence-corrected chi connectivity index (χ4v) is 2.92. The van der Waals surface area contributed by atoms with Crippen LogP contribution >= 0.6 is 0 Å². The van der Waals surface area contributed by atoms with E-state index in [-0.39, 0.29) is 6.61 Å². The highest BCUT2D eigenvalue weighted by Crippen LogP contribution is 2.55. The van der Waals surface area contributed by atoms with Crippen LogP contribution in [0.5, 0.6) is 0 Å². The summed E-state index contributed by atoms with van der Waals surface area (Å²) in [7, 11) is 0. The van der Waals surface area contributed by atoms with E-state index < -0.39 is 6.10 Å². The highest BCUT2D eigenvalue weighted by atomic mass is 16.5. The minimum absolute atomic E-state index is 0.139. The summed E-state index contributed by atoms with van der Waals surface area (Å²) in [6.07, 6.45) is 7.22. The third-order valence-corrected chi connectivity index (χ3v) is 3.87. The number of ether oxygens (including phenoxy) is 1. The van der Waals surface area contributed by atoms with Crippen molar-refractivity contribution in [1.82, 2.24) is 0 Å². The molecule has 1 unspecified atom stereocenters. The van der Waals surface area contributed by atoms with Crippen molar-refractivity contribution >= 4 is 0 Å². The van der Waals surface area contributed by atoms with Gasteiger partial charge in [-0.25, -0.2) is 0 Å². The lowest BCUT2D eigenvalue weighted by Crippen LogP contribution is -2.27. The summed E-state index contributed by atoms with van der Waals surface area (Å²) in [5.41, 5.74) is 0.610. The molecule has 1 atom stereocenters. The third-order valence-electron chi connectivity index (χ3n) is 3.87. The van der Waals surface area contributed by atoms with Gasteiger partial charge in [0.2, 0.25) is 0 Å². The Labute approximate surface area is 124 Å². The monoisotopic (exact) mass is 286 g/mol. The van der Waals surface area contributed by atoms with Gasteiger partial charge in [-0.1, -0.05) is 27.7 Å². The second-order valence-electron chi connectivity index (χ2n) is 7.70. The lowest BCUT2D eigenvalue weighted by Gasteiger charge is -2.27. The van der Waals surface area contributed by atoms with Gasteiger partial charge in [-0.15, -0.1) is 0 Å². The first kappa shape index (κ1) is 17.9. The van der Waals surface area contributed by atoms with Crippen LogP contribution in [0.2, 0.25) is 0 Å². The standard InChI is InChI=1S/C14H26O.C3H8O2/c1-11(2)9-13(5-6-13)15-14(7-8-14)10-12(3)4;1-3(5)2-4/h11-12H,5-10H2,1-4H3;3-5H,2H2,1H3. The van der Waals surface area contributed by atoms with E-state index in [4.69, 9.17) is 14.9 Å². The number of aliphatic hydroxyl groups is 2. The molecule has 2 rings (SSSR count). The van der Waals surface area contributed by atoms with E-state index >= 15 is 0 Å². The fraction of sp³-hybridized carbons (Fsp3) is 1.00. The summed E-state index contributed by atoms with van der Waals surface area (Å²) in [5.74, 6) is 1.56. The van der Waals surface area contributed by atoms with Crippen LogP contribution in [0.3, 0.4) is 0 Å². The van der Waals surface area contributed by atoms with Gasteiger partial charge in [0.1, 0.15) is 0 Å². The van der Waals surface area contributed by atoms with Crippen LogP contribution in [0, 0.1) is 11.8 Å². The van der Waals surface area contributed by atoms with E-state index in [1.165, 1.54) is 45.4 Å². The van der Waals surface area contributed by atoms with Crippen molar-refractivity contribution < 1.29 is 14.9 Å². The molecule has 0 saturated heterocycles. The fourth-order valence-electron chi connectivity index (χ4n) is 2.92. The second kappa shape index (κ2) is 7.24. The Morgan fingerprint density at radius 1 is 0.850 bits per heavy atom. The van der Waals surface area contributed by atoms with Crippen molar-refractivity contribution in [1.29, 1.82) is 0 Å². The van der Waals surface area contributed by atoms with Crippen molar-refractivity contribution in [3.05, 3.63) is 0 Å². The van der Waals surface area contributed by atoms with E-state index in [1.54, 1.807) is 0 Å². The number of aliphatic hydroxyl groups excluding tert-OH is 2. The van der Waals surface area contributed by atoms with E-state index in [0.717, 1.165) is 11.8 Å². The number of rotatable bonds is 7. The molecule has 3 heteroatoms. The van der Waals surface area contributed by atoms with Crippen molar-refractivity contribution in [2.24, 2.45) is 11.8 Å². The molecular formula is C17H34O3. The zero-order valence-electron chi connectivity index (χ0n) is 14.0. The van der Waals surface area contributed by atoms with Crippen molar-refractivity contribution in [2.45, 2.75) is 90.4 Å². The molecule has 0 aromatic carbocycles. The Bertz CT molecular complexity index is 252. The molecule has 0 heterocycles. The molecule has 0 amide bonds. The Balaban J connectivity index is 0.000000347. The zero-order chi connectivity index (χ0) is 15.4. The molecule has 20 heavy (non-hydrogen) atoms. The van der Waals surface area contributed by atoms with Gasteiger partial charge in [0.05, 0.1) is 23.9 Å². The van der Waals surface area contributed by atoms with Crippen molar-refractivity contribution in [3.63, 3.8) is 0 Å². The van der Waals surface area contributed by atoms with Gasteiger partial charge in [-0.2, -0.15) is 0 Å². The third kappa shape index (κ3) is 6.55. The van der Waals surface area contributed by atoms with Gasteiger partial charge in [0.25, 0.3) is 0 Å². The average molecular weight is 286 g/mol. The Morgan fingerprint density at radius 3 is 1.30 bits per heavy atom. The predicted octanol–water partition coefficient (Wildman–Crippen LogP) is 3.52. The quantitative estimate of drug-likeness (QED) is 0.753. The SMILES string of the molecule is CC(C)CC1(OC2(CC(C)C)CC2)CC1.CC(O)CO. The Kier molecular flexibility index (Phi) is 6.49. The van der Waals surface area contributed by atoms with Gasteiger partial charge < -0.3 is 14.9 Å². The van der Waals surface area contributed by atoms with Gasteiger partial charge in [-0.3, -0.25) is 0 Å². The van der Waals surface area contributed by atoms with Gasteiger partial charge in [0, 0.05) is 0 Å². The highest BCUT2D eigenvalue weighted by Gasteiger charge is 2.55. The molecular weight excluding hydrogens is 252 g/mol. The van der Waals surface area contributed by atoms with Crippen LogP contribution < -0.4 is 0 Å². The number of hydrogen-bond donors (Lipinski definition) is 2. The van der Waals surface area contributed by atoms with E-state index in [1.807, 2.05) is 0 Å². The first-order valence-corrected chi connectivity index (χ1v) is 8.22.